The van der Waals surface area contributed by atoms with Crippen molar-refractivity contribution < 1.29 is 4.79 Å². The molecule has 1 aromatic rings. The maximum Gasteiger partial charge on any atom is 0.239 e. The lowest BCUT2D eigenvalue weighted by atomic mass is 9.99. The van der Waals surface area contributed by atoms with Crippen molar-refractivity contribution in [1.82, 2.24) is 4.98 Å². The minimum absolute atomic E-state index is 0.0638. The van der Waals surface area contributed by atoms with Gasteiger partial charge >= 0.3 is 0 Å². The largest absolute Gasteiger partial charge is 0.310 e. The number of anilines is 1. The Hall–Kier alpha value is -0.900. The molecular weight excluding hydrogens is 292 g/mol. The molecule has 1 aliphatic carbocycles. The van der Waals surface area contributed by atoms with Crippen LogP contribution in [-0.4, -0.2) is 15.7 Å². The van der Waals surface area contributed by atoms with Crippen LogP contribution in [0, 0.1) is 5.92 Å². The summed E-state index contributed by atoms with van der Waals surface area (Å²) in [7, 11) is 0. The van der Waals surface area contributed by atoms with E-state index in [1.807, 2.05) is 12.3 Å². The monoisotopic (exact) mass is 310 g/mol. The number of hydrogen-bond acceptors (Lipinski definition) is 2. The fraction of sp³-hybridized carbons (Fsp3) is 0.571. The molecule has 3 nitrogen and oxygen atoms in total. The molecule has 0 spiro atoms. The van der Waals surface area contributed by atoms with Gasteiger partial charge in [-0.3, -0.25) is 4.79 Å². The standard InChI is InChI=1S/C14H19BrN2O/c1-10(15)14(18)17-13-7-6-12(9-16-13)8-11-4-2-3-5-11/h6-7,9-11H,2-5,8H2,1H3,(H,16,17,18). The number of carbonyl (C=O) groups excluding carboxylic acids is 1. The summed E-state index contributed by atoms with van der Waals surface area (Å²) in [6, 6.07) is 3.96. The molecule has 1 N–H and O–H groups in total. The second-order valence-electron chi connectivity index (χ2n) is 5.01. The maximum atomic E-state index is 11.5. The molecule has 1 amide bonds. The lowest BCUT2D eigenvalue weighted by molar-refractivity contribution is -0.115. The fourth-order valence-electron chi connectivity index (χ4n) is 2.39. The summed E-state index contributed by atoms with van der Waals surface area (Å²) >= 11 is 3.23. The number of alkyl halides is 1. The Kier molecular flexibility index (Phi) is 4.75. The van der Waals surface area contributed by atoms with Gasteiger partial charge in [0.25, 0.3) is 0 Å². The van der Waals surface area contributed by atoms with E-state index in [1.54, 1.807) is 6.92 Å². The second-order valence-corrected chi connectivity index (χ2v) is 6.39. The molecule has 2 rings (SSSR count). The second kappa shape index (κ2) is 6.32. The van der Waals surface area contributed by atoms with Gasteiger partial charge in [-0.1, -0.05) is 47.7 Å². The van der Waals surface area contributed by atoms with Crippen molar-refractivity contribution in [3.05, 3.63) is 23.9 Å². The van der Waals surface area contributed by atoms with Gasteiger partial charge < -0.3 is 5.32 Å². The topological polar surface area (TPSA) is 42.0 Å². The van der Waals surface area contributed by atoms with Crippen LogP contribution in [0.4, 0.5) is 5.82 Å². The van der Waals surface area contributed by atoms with Crippen molar-refractivity contribution in [3.63, 3.8) is 0 Å². The lowest BCUT2D eigenvalue weighted by Crippen LogP contribution is -2.20. The van der Waals surface area contributed by atoms with E-state index in [-0.39, 0.29) is 10.7 Å². The van der Waals surface area contributed by atoms with Gasteiger partial charge in [-0.05, 0) is 30.9 Å². The molecule has 18 heavy (non-hydrogen) atoms. The van der Waals surface area contributed by atoms with Gasteiger partial charge in [0, 0.05) is 6.20 Å². The van der Waals surface area contributed by atoms with E-state index in [4.69, 9.17) is 0 Å². The van der Waals surface area contributed by atoms with Crippen LogP contribution in [0.5, 0.6) is 0 Å². The van der Waals surface area contributed by atoms with Crippen molar-refractivity contribution in [2.75, 3.05) is 5.32 Å². The number of halogens is 1. The van der Waals surface area contributed by atoms with E-state index < -0.39 is 0 Å². The number of aromatic nitrogens is 1. The first-order chi connectivity index (χ1) is 8.65. The molecule has 1 fully saturated rings. The van der Waals surface area contributed by atoms with Crippen LogP contribution in [-0.2, 0) is 11.2 Å². The Morgan fingerprint density at radius 1 is 1.50 bits per heavy atom. The highest BCUT2D eigenvalue weighted by atomic mass is 79.9. The van der Waals surface area contributed by atoms with Gasteiger partial charge in [0.2, 0.25) is 5.91 Å². The first-order valence-corrected chi connectivity index (χ1v) is 7.46. The molecule has 0 aliphatic heterocycles. The molecule has 1 heterocycles. The molecule has 4 heteroatoms. The lowest BCUT2D eigenvalue weighted by Gasteiger charge is -2.10. The summed E-state index contributed by atoms with van der Waals surface area (Å²) in [5, 5.41) is 2.77. The average molecular weight is 311 g/mol. The Bertz CT molecular complexity index is 397. The minimum Gasteiger partial charge on any atom is -0.310 e. The number of rotatable bonds is 4. The number of hydrogen-bond donors (Lipinski definition) is 1. The van der Waals surface area contributed by atoms with E-state index in [0.717, 1.165) is 12.3 Å². The first kappa shape index (κ1) is 13.5. The Balaban J connectivity index is 1.90. The van der Waals surface area contributed by atoms with Crippen LogP contribution in [0.25, 0.3) is 0 Å². The molecule has 1 aromatic heterocycles. The van der Waals surface area contributed by atoms with E-state index in [1.165, 1.54) is 31.2 Å². The highest BCUT2D eigenvalue weighted by molar-refractivity contribution is 9.10. The normalized spacial score (nSPS) is 17.7. The van der Waals surface area contributed by atoms with Crippen molar-refractivity contribution in [2.24, 2.45) is 5.92 Å². The summed E-state index contributed by atoms with van der Waals surface area (Å²) in [5.74, 6) is 1.39. The van der Waals surface area contributed by atoms with Gasteiger partial charge in [0.05, 0.1) is 4.83 Å². The minimum atomic E-state index is -0.197. The predicted molar refractivity (Wildman–Crippen MR) is 76.9 cm³/mol. The highest BCUT2D eigenvalue weighted by Crippen LogP contribution is 2.27. The van der Waals surface area contributed by atoms with Crippen LogP contribution >= 0.6 is 15.9 Å². The van der Waals surface area contributed by atoms with E-state index >= 15 is 0 Å². The van der Waals surface area contributed by atoms with Gasteiger partial charge in [0.1, 0.15) is 5.82 Å². The van der Waals surface area contributed by atoms with Crippen molar-refractivity contribution >= 4 is 27.7 Å². The van der Waals surface area contributed by atoms with Gasteiger partial charge in [0.15, 0.2) is 0 Å². The molecule has 1 unspecified atom stereocenters. The molecule has 1 saturated carbocycles. The molecule has 1 atom stereocenters. The van der Waals surface area contributed by atoms with Crippen LogP contribution in [0.3, 0.4) is 0 Å². The molecule has 0 radical (unpaired) electrons. The summed E-state index contributed by atoms with van der Waals surface area (Å²) in [6.45, 7) is 1.80. The first-order valence-electron chi connectivity index (χ1n) is 6.55. The molecular formula is C14H19BrN2O. The van der Waals surface area contributed by atoms with Gasteiger partial charge in [-0.15, -0.1) is 0 Å². The molecule has 0 saturated heterocycles. The van der Waals surface area contributed by atoms with Crippen LogP contribution in [0.15, 0.2) is 18.3 Å². The Morgan fingerprint density at radius 3 is 2.78 bits per heavy atom. The van der Waals surface area contributed by atoms with Crippen LogP contribution in [0.1, 0.15) is 38.2 Å². The average Bonchev–Trinajstić information content (AvgIpc) is 2.84. The van der Waals surface area contributed by atoms with Crippen molar-refractivity contribution in [1.29, 1.82) is 0 Å². The maximum absolute atomic E-state index is 11.5. The summed E-state index contributed by atoms with van der Waals surface area (Å²) < 4.78 is 0. The quantitative estimate of drug-likeness (QED) is 0.864. The Labute approximate surface area is 117 Å². The van der Waals surface area contributed by atoms with Crippen LogP contribution < -0.4 is 5.32 Å². The van der Waals surface area contributed by atoms with Crippen molar-refractivity contribution in [3.8, 4) is 0 Å². The SMILES string of the molecule is CC(Br)C(=O)Nc1ccc(CC2CCCC2)cn1. The summed E-state index contributed by atoms with van der Waals surface area (Å²) in [6.07, 6.45) is 8.44. The zero-order chi connectivity index (χ0) is 13.0. The van der Waals surface area contributed by atoms with E-state index in [9.17, 15) is 4.79 Å². The third-order valence-corrected chi connectivity index (χ3v) is 3.85. The number of nitrogens with zero attached hydrogens (tertiary/aromatic N) is 1. The van der Waals surface area contributed by atoms with E-state index in [2.05, 4.69) is 32.3 Å². The predicted octanol–water partition coefficient (Wildman–Crippen LogP) is 3.54. The van der Waals surface area contributed by atoms with Crippen LogP contribution in [0.2, 0.25) is 0 Å². The molecule has 0 bridgehead atoms. The number of carbonyl (C=O) groups is 1. The zero-order valence-corrected chi connectivity index (χ0v) is 12.2. The molecule has 1 aliphatic rings. The summed E-state index contributed by atoms with van der Waals surface area (Å²) in [5.41, 5.74) is 1.27. The molecule has 98 valence electrons. The smallest absolute Gasteiger partial charge is 0.239 e. The van der Waals surface area contributed by atoms with Gasteiger partial charge in [-0.2, -0.15) is 0 Å². The van der Waals surface area contributed by atoms with Crippen molar-refractivity contribution in [2.45, 2.75) is 43.9 Å². The molecule has 0 aromatic carbocycles. The third kappa shape index (κ3) is 3.80. The highest BCUT2D eigenvalue weighted by Gasteiger charge is 2.15. The van der Waals surface area contributed by atoms with E-state index in [0.29, 0.717) is 5.82 Å². The Morgan fingerprint density at radius 2 is 2.22 bits per heavy atom. The fourth-order valence-corrected chi connectivity index (χ4v) is 2.51. The number of pyridine rings is 1. The number of amides is 1. The number of nitrogens with one attached hydrogen (secondary N) is 1. The van der Waals surface area contributed by atoms with Gasteiger partial charge in [-0.25, -0.2) is 4.98 Å². The summed E-state index contributed by atoms with van der Waals surface area (Å²) in [4.78, 5) is 15.6. The third-order valence-electron chi connectivity index (χ3n) is 3.44. The zero-order valence-electron chi connectivity index (χ0n) is 10.7.